The van der Waals surface area contributed by atoms with E-state index in [1.807, 2.05) is 13.8 Å². The number of H-pyrrole nitrogens is 1. The smallest absolute Gasteiger partial charge is 0.276 e. The molecule has 0 fully saturated rings. The third-order valence-corrected chi connectivity index (χ3v) is 3.98. The van der Waals surface area contributed by atoms with Crippen molar-refractivity contribution in [1.29, 1.82) is 0 Å². The molecule has 114 valence electrons. The maximum absolute atomic E-state index is 12.9. The molecule has 22 heavy (non-hydrogen) atoms. The lowest BCUT2D eigenvalue weighted by atomic mass is 10.1. The second-order valence-corrected chi connectivity index (χ2v) is 5.87. The minimum absolute atomic E-state index is 0.254. The van der Waals surface area contributed by atoms with E-state index in [1.54, 1.807) is 12.1 Å². The van der Waals surface area contributed by atoms with Crippen LogP contribution < -0.4 is 0 Å². The first-order valence-electron chi connectivity index (χ1n) is 6.82. The Balaban J connectivity index is 1.61. The molecule has 2 aromatic heterocycles. The van der Waals surface area contributed by atoms with Gasteiger partial charge in [-0.05, 0) is 31.5 Å². The molecule has 0 aliphatic heterocycles. The van der Waals surface area contributed by atoms with Crippen LogP contribution >= 0.6 is 11.8 Å². The summed E-state index contributed by atoms with van der Waals surface area (Å²) < 4.78 is 18.5. The van der Waals surface area contributed by atoms with Crippen LogP contribution in [0, 0.1) is 19.7 Å². The highest BCUT2D eigenvalue weighted by Crippen LogP contribution is 2.23. The fourth-order valence-electron chi connectivity index (χ4n) is 2.07. The average Bonchev–Trinajstić information content (AvgIpc) is 3.05. The van der Waals surface area contributed by atoms with Gasteiger partial charge >= 0.3 is 0 Å². The number of aromatic amines is 1. The molecule has 3 rings (SSSR count). The van der Waals surface area contributed by atoms with Crippen LogP contribution in [0.4, 0.5) is 4.39 Å². The lowest BCUT2D eigenvalue weighted by Crippen LogP contribution is -1.88. The number of hydrogen-bond donors (Lipinski definition) is 1. The van der Waals surface area contributed by atoms with Crippen molar-refractivity contribution < 1.29 is 8.81 Å². The molecule has 0 aliphatic rings. The molecule has 0 spiro atoms. The van der Waals surface area contributed by atoms with Gasteiger partial charge < -0.3 is 9.40 Å². The third-order valence-electron chi connectivity index (χ3n) is 3.15. The van der Waals surface area contributed by atoms with E-state index in [0.29, 0.717) is 23.3 Å². The van der Waals surface area contributed by atoms with Gasteiger partial charge in [-0.15, -0.1) is 10.2 Å². The lowest BCUT2D eigenvalue weighted by Gasteiger charge is -1.96. The molecule has 1 aromatic carbocycles. The minimum atomic E-state index is -0.254. The summed E-state index contributed by atoms with van der Waals surface area (Å²) in [6.45, 7) is 3.92. The van der Waals surface area contributed by atoms with E-state index < -0.39 is 0 Å². The van der Waals surface area contributed by atoms with Crippen LogP contribution in [0.3, 0.4) is 0 Å². The van der Waals surface area contributed by atoms with Gasteiger partial charge in [-0.3, -0.25) is 0 Å². The Hall–Kier alpha value is -2.15. The maximum atomic E-state index is 12.9. The molecule has 5 nitrogen and oxygen atoms in total. The summed E-state index contributed by atoms with van der Waals surface area (Å²) >= 11 is 1.45. The monoisotopic (exact) mass is 318 g/mol. The van der Waals surface area contributed by atoms with Crippen LogP contribution in [0.15, 0.2) is 33.9 Å². The molecule has 0 atom stereocenters. The standard InChI is InChI=1S/C15H15FN4OS/c1-9-13(18-10(2)17-9)8-22-15-20-19-14(21-15)7-11-3-5-12(16)6-4-11/h3-6H,7-8H2,1-2H3,(H,17,18). The second kappa shape index (κ2) is 6.31. The molecule has 7 heteroatoms. The van der Waals surface area contributed by atoms with Crippen LogP contribution in [0.25, 0.3) is 0 Å². The zero-order chi connectivity index (χ0) is 15.5. The van der Waals surface area contributed by atoms with Crippen molar-refractivity contribution >= 4 is 11.8 Å². The quantitative estimate of drug-likeness (QED) is 0.730. The number of benzene rings is 1. The topological polar surface area (TPSA) is 67.6 Å². The van der Waals surface area contributed by atoms with E-state index in [1.165, 1.54) is 23.9 Å². The number of aromatic nitrogens is 4. The summed E-state index contributed by atoms with van der Waals surface area (Å²) in [6, 6.07) is 6.26. The van der Waals surface area contributed by atoms with Crippen molar-refractivity contribution in [3.8, 4) is 0 Å². The normalized spacial score (nSPS) is 11.0. The summed E-state index contributed by atoms with van der Waals surface area (Å²) in [5.41, 5.74) is 2.97. The van der Waals surface area contributed by atoms with E-state index in [4.69, 9.17) is 4.42 Å². The highest BCUT2D eigenvalue weighted by Gasteiger charge is 2.10. The molecule has 0 bridgehead atoms. The zero-order valence-electron chi connectivity index (χ0n) is 12.3. The van der Waals surface area contributed by atoms with Gasteiger partial charge in [0.05, 0.1) is 12.1 Å². The van der Waals surface area contributed by atoms with Gasteiger partial charge in [-0.25, -0.2) is 9.37 Å². The van der Waals surface area contributed by atoms with Crippen molar-refractivity contribution in [3.05, 3.63) is 58.7 Å². The van der Waals surface area contributed by atoms with Crippen LogP contribution in [-0.2, 0) is 12.2 Å². The van der Waals surface area contributed by atoms with Crippen molar-refractivity contribution in [2.75, 3.05) is 0 Å². The molecule has 0 unspecified atom stereocenters. The molecule has 1 N–H and O–H groups in total. The summed E-state index contributed by atoms with van der Waals surface area (Å²) in [7, 11) is 0. The van der Waals surface area contributed by atoms with Gasteiger partial charge in [-0.2, -0.15) is 0 Å². The van der Waals surface area contributed by atoms with E-state index >= 15 is 0 Å². The minimum Gasteiger partial charge on any atom is -0.416 e. The molecular formula is C15H15FN4OS. The van der Waals surface area contributed by atoms with E-state index in [0.717, 1.165) is 22.8 Å². The van der Waals surface area contributed by atoms with E-state index in [-0.39, 0.29) is 5.82 Å². The third kappa shape index (κ3) is 3.54. The summed E-state index contributed by atoms with van der Waals surface area (Å²) in [6.07, 6.45) is 0.494. The first-order valence-corrected chi connectivity index (χ1v) is 7.80. The lowest BCUT2D eigenvalue weighted by molar-refractivity contribution is 0.420. The second-order valence-electron chi connectivity index (χ2n) is 4.95. The Morgan fingerprint density at radius 3 is 2.64 bits per heavy atom. The number of aryl methyl sites for hydroxylation is 2. The first kappa shape index (κ1) is 14.8. The molecule has 0 saturated carbocycles. The number of halogens is 1. The van der Waals surface area contributed by atoms with Gasteiger partial charge in [0.15, 0.2) is 0 Å². The molecule has 0 amide bonds. The SMILES string of the molecule is Cc1nc(CSc2nnc(Cc3ccc(F)cc3)o2)c(C)[nH]1. The summed E-state index contributed by atoms with van der Waals surface area (Å²) in [5.74, 6) is 1.84. The van der Waals surface area contributed by atoms with Gasteiger partial charge in [0.1, 0.15) is 11.6 Å². The summed E-state index contributed by atoms with van der Waals surface area (Å²) in [4.78, 5) is 7.57. The van der Waals surface area contributed by atoms with Crippen molar-refractivity contribution in [2.45, 2.75) is 31.2 Å². The Morgan fingerprint density at radius 2 is 1.95 bits per heavy atom. The highest BCUT2D eigenvalue weighted by molar-refractivity contribution is 7.98. The maximum Gasteiger partial charge on any atom is 0.276 e. The largest absolute Gasteiger partial charge is 0.416 e. The van der Waals surface area contributed by atoms with Crippen molar-refractivity contribution in [1.82, 2.24) is 20.2 Å². The Labute approximate surface area is 131 Å². The molecule has 3 aromatic rings. The number of thioether (sulfide) groups is 1. The van der Waals surface area contributed by atoms with Crippen LogP contribution in [-0.4, -0.2) is 20.2 Å². The average molecular weight is 318 g/mol. The Morgan fingerprint density at radius 1 is 1.18 bits per heavy atom. The van der Waals surface area contributed by atoms with Gasteiger partial charge in [0.25, 0.3) is 5.22 Å². The van der Waals surface area contributed by atoms with Gasteiger partial charge in [-0.1, -0.05) is 23.9 Å². The number of nitrogens with zero attached hydrogens (tertiary/aromatic N) is 3. The van der Waals surface area contributed by atoms with Crippen molar-refractivity contribution in [2.24, 2.45) is 0 Å². The fourth-order valence-corrected chi connectivity index (χ4v) is 2.87. The Bertz CT molecular complexity index is 766. The van der Waals surface area contributed by atoms with Crippen LogP contribution in [0.2, 0.25) is 0 Å². The molecule has 0 radical (unpaired) electrons. The first-order chi connectivity index (χ1) is 10.6. The predicted octanol–water partition coefficient (Wildman–Crippen LogP) is 3.43. The fraction of sp³-hybridized carbons (Fsp3) is 0.267. The number of imidazole rings is 1. The van der Waals surface area contributed by atoms with Crippen LogP contribution in [0.5, 0.6) is 0 Å². The number of rotatable bonds is 5. The van der Waals surface area contributed by atoms with E-state index in [2.05, 4.69) is 20.2 Å². The Kier molecular flexibility index (Phi) is 4.24. The summed E-state index contributed by atoms with van der Waals surface area (Å²) in [5, 5.41) is 8.54. The molecular weight excluding hydrogens is 303 g/mol. The predicted molar refractivity (Wildman–Crippen MR) is 81.1 cm³/mol. The highest BCUT2D eigenvalue weighted by atomic mass is 32.2. The van der Waals surface area contributed by atoms with Gasteiger partial charge in [0, 0.05) is 11.4 Å². The van der Waals surface area contributed by atoms with Crippen molar-refractivity contribution in [3.63, 3.8) is 0 Å². The molecule has 0 saturated heterocycles. The zero-order valence-corrected chi connectivity index (χ0v) is 13.1. The van der Waals surface area contributed by atoms with E-state index in [9.17, 15) is 4.39 Å². The number of nitrogens with one attached hydrogen (secondary N) is 1. The number of hydrogen-bond acceptors (Lipinski definition) is 5. The van der Waals surface area contributed by atoms with Gasteiger partial charge in [0.2, 0.25) is 5.89 Å². The molecule has 0 aliphatic carbocycles. The molecule has 2 heterocycles. The van der Waals surface area contributed by atoms with Crippen LogP contribution in [0.1, 0.15) is 28.7 Å².